The summed E-state index contributed by atoms with van der Waals surface area (Å²) in [6, 6.07) is 12.1. The Morgan fingerprint density at radius 1 is 1.08 bits per heavy atom. The van der Waals surface area contributed by atoms with Crippen molar-refractivity contribution in [2.75, 3.05) is 5.32 Å². The van der Waals surface area contributed by atoms with Gasteiger partial charge in [0, 0.05) is 40.6 Å². The van der Waals surface area contributed by atoms with E-state index in [9.17, 15) is 13.6 Å². The van der Waals surface area contributed by atoms with Gasteiger partial charge in [-0.3, -0.25) is 4.79 Å². The Kier molecular flexibility index (Phi) is 5.30. The number of nitrogens with zero attached hydrogens (tertiary/aromatic N) is 1. The molecule has 2 aromatic carbocycles. The van der Waals surface area contributed by atoms with Crippen LogP contribution in [0.4, 0.5) is 14.5 Å². The second-order valence-corrected chi connectivity index (χ2v) is 6.62. The van der Waals surface area contributed by atoms with Crippen molar-refractivity contribution < 1.29 is 13.6 Å². The lowest BCUT2D eigenvalue weighted by Crippen LogP contribution is -2.14. The number of alkyl halides is 2. The van der Waals surface area contributed by atoms with Crippen LogP contribution in [0, 0.1) is 0 Å². The van der Waals surface area contributed by atoms with Crippen molar-refractivity contribution in [3.8, 4) is 11.1 Å². The van der Waals surface area contributed by atoms with Gasteiger partial charge >= 0.3 is 0 Å². The molecule has 134 valence electrons. The smallest absolute Gasteiger partial charge is 0.266 e. The molecule has 3 aromatic rings. The maximum atomic E-state index is 13.2. The summed E-state index contributed by atoms with van der Waals surface area (Å²) in [6.07, 6.45) is -0.153. The van der Waals surface area contributed by atoms with Gasteiger partial charge in [-0.05, 0) is 29.8 Å². The lowest BCUT2D eigenvalue weighted by Gasteiger charge is -2.12. The van der Waals surface area contributed by atoms with Crippen molar-refractivity contribution in [2.24, 2.45) is 7.05 Å². The Bertz CT molecular complexity index is 970. The Labute approximate surface area is 159 Å². The van der Waals surface area contributed by atoms with Gasteiger partial charge < -0.3 is 9.88 Å². The first-order chi connectivity index (χ1) is 12.3. The standard InChI is InChI=1S/C19H14Cl2F2N2O/c1-25-9-15(18(22)23)16(10-25)19(26)24-17-8-13(21)5-6-14(17)11-3-2-4-12(20)7-11/h2-10,18H,1H3,(H,24,26). The molecular weight excluding hydrogens is 381 g/mol. The minimum absolute atomic E-state index is 0.0838. The lowest BCUT2D eigenvalue weighted by atomic mass is 10.0. The Balaban J connectivity index is 2.00. The van der Waals surface area contributed by atoms with Crippen LogP contribution < -0.4 is 5.32 Å². The predicted octanol–water partition coefficient (Wildman–Crippen LogP) is 6.19. The van der Waals surface area contributed by atoms with Gasteiger partial charge in [0.1, 0.15) is 0 Å². The van der Waals surface area contributed by atoms with Gasteiger partial charge in [-0.15, -0.1) is 0 Å². The Morgan fingerprint density at radius 2 is 1.81 bits per heavy atom. The number of benzene rings is 2. The van der Waals surface area contributed by atoms with E-state index in [-0.39, 0.29) is 11.1 Å². The van der Waals surface area contributed by atoms with Gasteiger partial charge in [0.05, 0.1) is 11.3 Å². The summed E-state index contributed by atoms with van der Waals surface area (Å²) >= 11 is 12.1. The van der Waals surface area contributed by atoms with Crippen molar-refractivity contribution in [2.45, 2.75) is 6.43 Å². The molecule has 0 unspecified atom stereocenters. The molecule has 0 aliphatic heterocycles. The fourth-order valence-electron chi connectivity index (χ4n) is 2.69. The van der Waals surface area contributed by atoms with E-state index in [2.05, 4.69) is 5.32 Å². The minimum atomic E-state index is -2.75. The second kappa shape index (κ2) is 7.48. The van der Waals surface area contributed by atoms with Crippen LogP contribution >= 0.6 is 23.2 Å². The number of halogens is 4. The van der Waals surface area contributed by atoms with Crippen LogP contribution in [0.1, 0.15) is 22.3 Å². The molecule has 0 fully saturated rings. The minimum Gasteiger partial charge on any atom is -0.356 e. The third-order valence-corrected chi connectivity index (χ3v) is 4.30. The maximum absolute atomic E-state index is 13.2. The maximum Gasteiger partial charge on any atom is 0.266 e. The van der Waals surface area contributed by atoms with Crippen LogP contribution in [0.15, 0.2) is 54.9 Å². The topological polar surface area (TPSA) is 34.0 Å². The third kappa shape index (κ3) is 3.89. The monoisotopic (exact) mass is 394 g/mol. The van der Waals surface area contributed by atoms with Gasteiger partial charge in [0.2, 0.25) is 0 Å². The number of aromatic nitrogens is 1. The average molecular weight is 395 g/mol. The number of anilines is 1. The van der Waals surface area contributed by atoms with Crippen molar-refractivity contribution in [1.82, 2.24) is 4.57 Å². The van der Waals surface area contributed by atoms with Crippen molar-refractivity contribution >= 4 is 34.8 Å². The van der Waals surface area contributed by atoms with E-state index in [1.807, 2.05) is 6.07 Å². The highest BCUT2D eigenvalue weighted by Crippen LogP contribution is 2.33. The van der Waals surface area contributed by atoms with Gasteiger partial charge in [0.25, 0.3) is 12.3 Å². The molecule has 0 atom stereocenters. The van der Waals surface area contributed by atoms with Gasteiger partial charge in [-0.2, -0.15) is 0 Å². The summed E-state index contributed by atoms with van der Waals surface area (Å²) in [6.45, 7) is 0. The average Bonchev–Trinajstić information content (AvgIpc) is 2.97. The van der Waals surface area contributed by atoms with Gasteiger partial charge in [-0.25, -0.2) is 8.78 Å². The van der Waals surface area contributed by atoms with E-state index in [1.54, 1.807) is 43.4 Å². The first-order valence-corrected chi connectivity index (χ1v) is 8.41. The van der Waals surface area contributed by atoms with Crippen LogP contribution in [-0.4, -0.2) is 10.5 Å². The molecule has 3 rings (SSSR count). The molecule has 0 saturated carbocycles. The van der Waals surface area contributed by atoms with Gasteiger partial charge in [-0.1, -0.05) is 41.4 Å². The van der Waals surface area contributed by atoms with Crippen LogP contribution in [0.2, 0.25) is 10.0 Å². The van der Waals surface area contributed by atoms with E-state index in [0.29, 0.717) is 21.3 Å². The van der Waals surface area contributed by atoms with Crippen LogP contribution in [0.3, 0.4) is 0 Å². The van der Waals surface area contributed by atoms with E-state index >= 15 is 0 Å². The van der Waals surface area contributed by atoms with Crippen LogP contribution in [-0.2, 0) is 7.05 Å². The van der Waals surface area contributed by atoms with E-state index in [0.717, 1.165) is 5.56 Å². The Hall–Kier alpha value is -2.37. The number of carbonyl (C=O) groups excluding carboxylic acids is 1. The quantitative estimate of drug-likeness (QED) is 0.562. The van der Waals surface area contributed by atoms with Crippen LogP contribution in [0.5, 0.6) is 0 Å². The molecule has 26 heavy (non-hydrogen) atoms. The van der Waals surface area contributed by atoms with E-state index < -0.39 is 12.3 Å². The fraction of sp³-hybridized carbons (Fsp3) is 0.105. The molecule has 0 aliphatic rings. The number of carbonyl (C=O) groups is 1. The zero-order chi connectivity index (χ0) is 18.8. The molecule has 0 radical (unpaired) electrons. The van der Waals surface area contributed by atoms with Crippen molar-refractivity contribution in [1.29, 1.82) is 0 Å². The number of hydrogen-bond acceptors (Lipinski definition) is 1. The van der Waals surface area contributed by atoms with Crippen molar-refractivity contribution in [3.63, 3.8) is 0 Å². The molecule has 3 nitrogen and oxygen atoms in total. The predicted molar refractivity (Wildman–Crippen MR) is 100 cm³/mol. The second-order valence-electron chi connectivity index (χ2n) is 5.75. The summed E-state index contributed by atoms with van der Waals surface area (Å²) in [5.41, 5.74) is 1.45. The summed E-state index contributed by atoms with van der Waals surface area (Å²) in [4.78, 5) is 12.6. The largest absolute Gasteiger partial charge is 0.356 e. The number of amides is 1. The van der Waals surface area contributed by atoms with E-state index in [1.165, 1.54) is 17.0 Å². The summed E-state index contributed by atoms with van der Waals surface area (Å²) < 4.78 is 27.8. The fourth-order valence-corrected chi connectivity index (χ4v) is 3.05. The first kappa shape index (κ1) is 18.4. The molecule has 1 heterocycles. The van der Waals surface area contributed by atoms with Gasteiger partial charge in [0.15, 0.2) is 0 Å². The molecule has 1 amide bonds. The van der Waals surface area contributed by atoms with Crippen molar-refractivity contribution in [3.05, 3.63) is 76.0 Å². The van der Waals surface area contributed by atoms with E-state index in [4.69, 9.17) is 23.2 Å². The summed E-state index contributed by atoms with van der Waals surface area (Å²) in [5, 5.41) is 3.63. The number of hydrogen-bond donors (Lipinski definition) is 1. The molecule has 0 spiro atoms. The molecule has 0 aliphatic carbocycles. The number of nitrogens with one attached hydrogen (secondary N) is 1. The first-order valence-electron chi connectivity index (χ1n) is 7.66. The number of rotatable bonds is 4. The summed E-state index contributed by atoms with van der Waals surface area (Å²) in [5.74, 6) is -0.633. The van der Waals surface area contributed by atoms with Crippen LogP contribution in [0.25, 0.3) is 11.1 Å². The Morgan fingerprint density at radius 3 is 2.50 bits per heavy atom. The molecule has 1 N–H and O–H groups in total. The number of aryl methyl sites for hydroxylation is 1. The molecule has 1 aromatic heterocycles. The molecular formula is C19H14Cl2F2N2O. The molecule has 0 bridgehead atoms. The highest BCUT2D eigenvalue weighted by Gasteiger charge is 2.21. The molecule has 7 heteroatoms. The third-order valence-electron chi connectivity index (χ3n) is 3.83. The zero-order valence-electron chi connectivity index (χ0n) is 13.6. The highest BCUT2D eigenvalue weighted by atomic mass is 35.5. The highest BCUT2D eigenvalue weighted by molar-refractivity contribution is 6.31. The summed E-state index contributed by atoms with van der Waals surface area (Å²) in [7, 11) is 1.58. The SMILES string of the molecule is Cn1cc(C(=O)Nc2cc(Cl)ccc2-c2cccc(Cl)c2)c(C(F)F)c1. The normalized spacial score (nSPS) is 11.0. The lowest BCUT2D eigenvalue weighted by molar-refractivity contribution is 0.101. The molecule has 0 saturated heterocycles. The zero-order valence-corrected chi connectivity index (χ0v) is 15.2.